The Hall–Kier alpha value is -1.51. The van der Waals surface area contributed by atoms with Crippen molar-refractivity contribution in [2.24, 2.45) is 0 Å². The van der Waals surface area contributed by atoms with E-state index in [-0.39, 0.29) is 23.3 Å². The molecule has 136 valence electrons. The van der Waals surface area contributed by atoms with E-state index in [9.17, 15) is 0 Å². The first-order valence-electron chi connectivity index (χ1n) is 8.42. The maximum absolute atomic E-state index is 5.63. The van der Waals surface area contributed by atoms with Gasteiger partial charge in [-0.15, -0.1) is 17.0 Å². The molecule has 0 atom stereocenters. The minimum Gasteiger partial charge on any atom is -0.352 e. The molecular formula is C22H25BrO2P+. The van der Waals surface area contributed by atoms with Gasteiger partial charge in [-0.05, 0) is 36.4 Å². The van der Waals surface area contributed by atoms with Crippen molar-refractivity contribution in [1.29, 1.82) is 0 Å². The van der Waals surface area contributed by atoms with E-state index in [1.54, 1.807) is 14.2 Å². The van der Waals surface area contributed by atoms with Gasteiger partial charge in [0.15, 0.2) is 6.29 Å². The van der Waals surface area contributed by atoms with Crippen molar-refractivity contribution in [3.63, 3.8) is 0 Å². The molecule has 0 saturated heterocycles. The van der Waals surface area contributed by atoms with Crippen molar-refractivity contribution in [3.05, 3.63) is 91.0 Å². The first-order chi connectivity index (χ1) is 12.3. The van der Waals surface area contributed by atoms with Crippen LogP contribution in [0.2, 0.25) is 0 Å². The Morgan fingerprint density at radius 3 is 1.19 bits per heavy atom. The van der Waals surface area contributed by atoms with Crippen LogP contribution in [0.4, 0.5) is 0 Å². The largest absolute Gasteiger partial charge is 0.352 e. The highest BCUT2D eigenvalue weighted by atomic mass is 79.9. The van der Waals surface area contributed by atoms with Gasteiger partial charge in [0.25, 0.3) is 0 Å². The van der Waals surface area contributed by atoms with E-state index in [1.165, 1.54) is 15.9 Å². The zero-order valence-electron chi connectivity index (χ0n) is 15.1. The van der Waals surface area contributed by atoms with Crippen molar-refractivity contribution >= 4 is 40.2 Å². The molecule has 3 rings (SSSR count). The number of halogens is 1. The van der Waals surface area contributed by atoms with Crippen LogP contribution in [0.3, 0.4) is 0 Å². The molecular weight excluding hydrogens is 407 g/mol. The molecule has 0 amide bonds. The van der Waals surface area contributed by atoms with E-state index >= 15 is 0 Å². The molecule has 3 aromatic rings. The zero-order valence-corrected chi connectivity index (χ0v) is 17.7. The van der Waals surface area contributed by atoms with Gasteiger partial charge in [0.1, 0.15) is 29.3 Å². The summed E-state index contributed by atoms with van der Waals surface area (Å²) in [5.41, 5.74) is 0. The maximum Gasteiger partial charge on any atom is 0.191 e. The van der Waals surface area contributed by atoms with Crippen LogP contribution in [0, 0.1) is 0 Å². The summed E-state index contributed by atoms with van der Waals surface area (Å²) in [4.78, 5) is 0. The van der Waals surface area contributed by atoms with Gasteiger partial charge in [-0.2, -0.15) is 0 Å². The fourth-order valence-corrected chi connectivity index (χ4v) is 7.60. The van der Waals surface area contributed by atoms with Gasteiger partial charge in [0.2, 0.25) is 0 Å². The van der Waals surface area contributed by atoms with Crippen molar-refractivity contribution in [1.82, 2.24) is 0 Å². The predicted octanol–water partition coefficient (Wildman–Crippen LogP) is 4.18. The zero-order chi connectivity index (χ0) is 17.5. The van der Waals surface area contributed by atoms with Crippen molar-refractivity contribution < 1.29 is 9.47 Å². The fourth-order valence-electron chi connectivity index (χ4n) is 3.28. The molecule has 4 heteroatoms. The highest BCUT2D eigenvalue weighted by Gasteiger charge is 2.47. The van der Waals surface area contributed by atoms with E-state index in [1.807, 2.05) is 0 Å². The second-order valence-corrected chi connectivity index (χ2v) is 9.43. The minimum atomic E-state index is -1.89. The number of hydrogen-bond acceptors (Lipinski definition) is 2. The summed E-state index contributed by atoms with van der Waals surface area (Å²) in [6.45, 7) is 0. The smallest absolute Gasteiger partial charge is 0.191 e. The first-order valence-corrected chi connectivity index (χ1v) is 10.4. The lowest BCUT2D eigenvalue weighted by Gasteiger charge is -2.30. The molecule has 0 bridgehead atoms. The van der Waals surface area contributed by atoms with Crippen LogP contribution in [0.25, 0.3) is 0 Å². The van der Waals surface area contributed by atoms with E-state index in [2.05, 4.69) is 91.0 Å². The van der Waals surface area contributed by atoms with E-state index < -0.39 is 7.26 Å². The van der Waals surface area contributed by atoms with E-state index in [4.69, 9.17) is 9.47 Å². The highest BCUT2D eigenvalue weighted by Crippen LogP contribution is 2.55. The van der Waals surface area contributed by atoms with Gasteiger partial charge >= 0.3 is 0 Å². The summed E-state index contributed by atoms with van der Waals surface area (Å²) >= 11 is 0. The molecule has 0 heterocycles. The van der Waals surface area contributed by atoms with Gasteiger partial charge in [-0.1, -0.05) is 54.6 Å². The van der Waals surface area contributed by atoms with E-state index in [0.717, 1.165) is 6.16 Å². The lowest BCUT2D eigenvalue weighted by molar-refractivity contribution is -0.0849. The monoisotopic (exact) mass is 431 g/mol. The maximum atomic E-state index is 5.63. The van der Waals surface area contributed by atoms with Crippen LogP contribution in [-0.4, -0.2) is 26.7 Å². The second kappa shape index (κ2) is 9.99. The predicted molar refractivity (Wildman–Crippen MR) is 118 cm³/mol. The Bertz CT molecular complexity index is 665. The van der Waals surface area contributed by atoms with Crippen molar-refractivity contribution in [2.45, 2.75) is 6.29 Å². The second-order valence-electron chi connectivity index (χ2n) is 5.90. The fraction of sp³-hybridized carbons (Fsp3) is 0.182. The molecule has 26 heavy (non-hydrogen) atoms. The molecule has 0 N–H and O–H groups in total. The molecule has 0 unspecified atom stereocenters. The minimum absolute atomic E-state index is 0. The number of ether oxygens (including phenoxy) is 2. The highest BCUT2D eigenvalue weighted by molar-refractivity contribution is 8.93. The lowest BCUT2D eigenvalue weighted by Crippen LogP contribution is -2.38. The summed E-state index contributed by atoms with van der Waals surface area (Å²) in [6, 6.07) is 32.3. The van der Waals surface area contributed by atoms with Crippen LogP contribution in [0.15, 0.2) is 91.0 Å². The Morgan fingerprint density at radius 1 is 0.615 bits per heavy atom. The number of rotatable bonds is 7. The van der Waals surface area contributed by atoms with Gasteiger partial charge in [-0.3, -0.25) is 0 Å². The number of benzene rings is 3. The molecule has 0 aliphatic rings. The SMILES string of the molecule is Br.COC(C[P+](c1ccccc1)(c1ccccc1)c1ccccc1)OC. The Labute approximate surface area is 167 Å². The summed E-state index contributed by atoms with van der Waals surface area (Å²) in [5, 5.41) is 4.02. The Balaban J connectivity index is 0.00000243. The number of hydrogen-bond donors (Lipinski definition) is 0. The molecule has 0 aliphatic carbocycles. The summed E-state index contributed by atoms with van der Waals surface area (Å²) in [5.74, 6) is 0. The molecule has 0 spiro atoms. The van der Waals surface area contributed by atoms with Gasteiger partial charge in [0.05, 0.1) is 0 Å². The quantitative estimate of drug-likeness (QED) is 0.412. The molecule has 2 nitrogen and oxygen atoms in total. The molecule has 0 saturated carbocycles. The third kappa shape index (κ3) is 4.24. The van der Waals surface area contributed by atoms with Gasteiger partial charge in [-0.25, -0.2) is 0 Å². The molecule has 3 aromatic carbocycles. The summed E-state index contributed by atoms with van der Waals surface area (Å²) in [6.07, 6.45) is 0.548. The molecule has 0 aromatic heterocycles. The third-order valence-corrected chi connectivity index (χ3v) is 8.92. The van der Waals surface area contributed by atoms with Crippen LogP contribution in [0.5, 0.6) is 0 Å². The van der Waals surface area contributed by atoms with Crippen LogP contribution >= 0.6 is 24.2 Å². The standard InChI is InChI=1S/C22H24O2P.BrH/c1-23-22(24-2)18-25(19-12-6-3-7-13-19,20-14-8-4-9-15-20)21-16-10-5-11-17-21;/h3-17,22H,18H2,1-2H3;1H/q+1;. The van der Waals surface area contributed by atoms with Crippen molar-refractivity contribution in [3.8, 4) is 0 Å². The van der Waals surface area contributed by atoms with Gasteiger partial charge < -0.3 is 9.47 Å². The normalized spacial score (nSPS) is 11.2. The summed E-state index contributed by atoms with van der Waals surface area (Å²) < 4.78 is 11.3. The van der Waals surface area contributed by atoms with Crippen LogP contribution in [0.1, 0.15) is 0 Å². The lowest BCUT2D eigenvalue weighted by atomic mass is 10.4. The Morgan fingerprint density at radius 2 is 0.923 bits per heavy atom. The average molecular weight is 432 g/mol. The van der Waals surface area contributed by atoms with E-state index in [0.29, 0.717) is 0 Å². The van der Waals surface area contributed by atoms with Crippen molar-refractivity contribution in [2.75, 3.05) is 20.4 Å². The summed E-state index contributed by atoms with van der Waals surface area (Å²) in [7, 11) is 1.53. The van der Waals surface area contributed by atoms with Gasteiger partial charge in [0, 0.05) is 14.2 Å². The van der Waals surface area contributed by atoms with Crippen LogP contribution in [-0.2, 0) is 9.47 Å². The third-order valence-electron chi connectivity index (χ3n) is 4.54. The van der Waals surface area contributed by atoms with Crippen LogP contribution < -0.4 is 15.9 Å². The molecule has 0 fully saturated rings. The topological polar surface area (TPSA) is 18.5 Å². The molecule has 0 radical (unpaired) electrons. The first kappa shape index (κ1) is 20.8. The Kier molecular flexibility index (Phi) is 7.99. The average Bonchev–Trinajstić information content (AvgIpc) is 2.71. The molecule has 0 aliphatic heterocycles. The number of methoxy groups -OCH3 is 2.